The van der Waals surface area contributed by atoms with Crippen molar-refractivity contribution in [1.82, 2.24) is 9.80 Å². The molecule has 1 aromatic heterocycles. The topological polar surface area (TPSA) is 53.0 Å². The predicted octanol–water partition coefficient (Wildman–Crippen LogP) is 1.22. The molecule has 0 amide bonds. The number of ether oxygens (including phenoxy) is 1. The van der Waals surface area contributed by atoms with Gasteiger partial charge in [0.1, 0.15) is 0 Å². The number of rotatable bonds is 4. The minimum Gasteiger partial charge on any atom is -0.389 e. The number of carbonyl (C=O) groups excluding carboxylic acids is 1. The lowest BCUT2D eigenvalue weighted by molar-refractivity contribution is 0.0837. The maximum atomic E-state index is 11.4. The van der Waals surface area contributed by atoms with E-state index in [2.05, 4.69) is 15.2 Å². The number of hydrogen-bond acceptors (Lipinski definition) is 6. The van der Waals surface area contributed by atoms with Crippen LogP contribution in [0.4, 0.5) is 0 Å². The molecule has 22 heavy (non-hydrogen) atoms. The van der Waals surface area contributed by atoms with Crippen molar-refractivity contribution in [3.63, 3.8) is 0 Å². The molecule has 2 saturated heterocycles. The fraction of sp³-hybridized carbons (Fsp3) is 0.688. The highest BCUT2D eigenvalue weighted by Crippen LogP contribution is 2.19. The second-order valence-corrected chi connectivity index (χ2v) is 7.12. The molecule has 5 nitrogen and oxygen atoms in total. The van der Waals surface area contributed by atoms with E-state index in [4.69, 9.17) is 4.74 Å². The van der Waals surface area contributed by atoms with Gasteiger partial charge in [0.05, 0.1) is 30.2 Å². The summed E-state index contributed by atoms with van der Waals surface area (Å²) >= 11 is 1.54. The minimum absolute atomic E-state index is 0.147. The Hall–Kier alpha value is -0.790. The third kappa shape index (κ3) is 3.75. The van der Waals surface area contributed by atoms with Crippen LogP contribution in [0.5, 0.6) is 0 Å². The number of thiophene rings is 1. The molecule has 1 aromatic rings. The van der Waals surface area contributed by atoms with E-state index in [1.54, 1.807) is 6.92 Å². The fourth-order valence-corrected chi connectivity index (χ4v) is 4.07. The number of aliphatic hydroxyl groups is 1. The average molecular weight is 324 g/mol. The maximum absolute atomic E-state index is 11.4. The van der Waals surface area contributed by atoms with Gasteiger partial charge in [0.15, 0.2) is 5.78 Å². The minimum atomic E-state index is -0.346. The van der Waals surface area contributed by atoms with E-state index in [1.165, 1.54) is 16.9 Å². The van der Waals surface area contributed by atoms with Crippen molar-refractivity contribution >= 4 is 17.1 Å². The lowest BCUT2D eigenvalue weighted by Crippen LogP contribution is -2.44. The Balaban J connectivity index is 1.54. The van der Waals surface area contributed by atoms with Gasteiger partial charge < -0.3 is 9.84 Å². The second-order valence-electron chi connectivity index (χ2n) is 6.21. The Morgan fingerprint density at radius 2 is 2.23 bits per heavy atom. The summed E-state index contributed by atoms with van der Waals surface area (Å²) in [5.41, 5.74) is 1.23. The zero-order valence-electron chi connectivity index (χ0n) is 13.0. The molecule has 0 aromatic carbocycles. The molecular formula is C16H24N2O3S. The highest BCUT2D eigenvalue weighted by atomic mass is 32.1. The Morgan fingerprint density at radius 3 is 2.91 bits per heavy atom. The van der Waals surface area contributed by atoms with Gasteiger partial charge in [-0.1, -0.05) is 0 Å². The zero-order chi connectivity index (χ0) is 15.5. The summed E-state index contributed by atoms with van der Waals surface area (Å²) < 4.78 is 5.38. The van der Waals surface area contributed by atoms with Crippen molar-refractivity contribution in [3.05, 3.63) is 21.9 Å². The predicted molar refractivity (Wildman–Crippen MR) is 86.4 cm³/mol. The van der Waals surface area contributed by atoms with Crippen LogP contribution in [-0.2, 0) is 11.3 Å². The van der Waals surface area contributed by atoms with Gasteiger partial charge >= 0.3 is 0 Å². The Labute approximate surface area is 135 Å². The SMILES string of the molecule is CC(=O)c1cc(CN2CCCN([C@@H]3COC[C@H]3O)CC2)cs1. The third-order valence-electron chi connectivity index (χ3n) is 4.52. The highest BCUT2D eigenvalue weighted by Gasteiger charge is 2.32. The molecule has 0 bridgehead atoms. The fourth-order valence-electron chi connectivity index (χ4n) is 3.26. The molecular weight excluding hydrogens is 300 g/mol. The van der Waals surface area contributed by atoms with E-state index in [-0.39, 0.29) is 17.9 Å². The first-order chi connectivity index (χ1) is 10.6. The number of carbonyl (C=O) groups is 1. The second kappa shape index (κ2) is 7.19. The lowest BCUT2D eigenvalue weighted by atomic mass is 10.2. The Morgan fingerprint density at radius 1 is 1.36 bits per heavy atom. The standard InChI is InChI=1S/C16H24N2O3S/c1-12(19)16-7-13(11-22-16)8-17-3-2-4-18(6-5-17)14-9-21-10-15(14)20/h7,11,14-15,20H,2-6,8-10H2,1H3/t14-,15-/m1/s1. The monoisotopic (exact) mass is 324 g/mol. The number of ketones is 1. The lowest BCUT2D eigenvalue weighted by Gasteiger charge is -2.28. The van der Waals surface area contributed by atoms with Crippen molar-refractivity contribution in [3.8, 4) is 0 Å². The van der Waals surface area contributed by atoms with Crippen molar-refractivity contribution in [2.45, 2.75) is 32.0 Å². The molecule has 2 aliphatic rings. The molecule has 3 rings (SSSR count). The van der Waals surface area contributed by atoms with Crippen LogP contribution in [0.25, 0.3) is 0 Å². The molecule has 6 heteroatoms. The van der Waals surface area contributed by atoms with Crippen LogP contribution in [0.1, 0.15) is 28.6 Å². The van der Waals surface area contributed by atoms with Gasteiger partial charge in [0.25, 0.3) is 0 Å². The first-order valence-electron chi connectivity index (χ1n) is 7.94. The number of Topliss-reactive ketones (excluding diaryl/α,β-unsaturated/α-hetero) is 1. The van der Waals surface area contributed by atoms with Crippen molar-refractivity contribution in [2.75, 3.05) is 39.4 Å². The number of nitrogens with zero attached hydrogens (tertiary/aromatic N) is 2. The smallest absolute Gasteiger partial charge is 0.169 e. The molecule has 2 atom stereocenters. The molecule has 3 heterocycles. The van der Waals surface area contributed by atoms with E-state index in [1.807, 2.05) is 6.07 Å². The van der Waals surface area contributed by atoms with Crippen LogP contribution >= 0.6 is 11.3 Å². The van der Waals surface area contributed by atoms with Gasteiger partial charge in [0, 0.05) is 19.6 Å². The van der Waals surface area contributed by atoms with E-state index >= 15 is 0 Å². The normalized spacial score (nSPS) is 27.9. The summed E-state index contributed by atoms with van der Waals surface area (Å²) in [4.78, 5) is 17.0. The van der Waals surface area contributed by atoms with Crippen molar-refractivity contribution < 1.29 is 14.6 Å². The largest absolute Gasteiger partial charge is 0.389 e. The summed E-state index contributed by atoms with van der Waals surface area (Å²) in [5.74, 6) is 0.147. The van der Waals surface area contributed by atoms with E-state index in [0.29, 0.717) is 13.2 Å². The van der Waals surface area contributed by atoms with Gasteiger partial charge in [-0.25, -0.2) is 0 Å². The Bertz CT molecular complexity index is 519. The first kappa shape index (κ1) is 16.1. The summed E-state index contributed by atoms with van der Waals surface area (Å²) in [5, 5.41) is 12.1. The molecule has 0 spiro atoms. The number of aliphatic hydroxyl groups excluding tert-OH is 1. The quantitative estimate of drug-likeness (QED) is 0.844. The van der Waals surface area contributed by atoms with Gasteiger partial charge in [-0.05, 0) is 43.4 Å². The summed E-state index contributed by atoms with van der Waals surface area (Å²) in [6.45, 7) is 7.68. The van der Waals surface area contributed by atoms with Crippen molar-refractivity contribution in [1.29, 1.82) is 0 Å². The van der Waals surface area contributed by atoms with Gasteiger partial charge in [-0.3, -0.25) is 14.6 Å². The van der Waals surface area contributed by atoms with Crippen LogP contribution in [0, 0.1) is 0 Å². The maximum Gasteiger partial charge on any atom is 0.169 e. The summed E-state index contributed by atoms with van der Waals surface area (Å²) in [6, 6.07) is 2.18. The average Bonchev–Trinajstić information content (AvgIpc) is 3.05. The first-order valence-corrected chi connectivity index (χ1v) is 8.82. The van der Waals surface area contributed by atoms with Gasteiger partial charge in [-0.2, -0.15) is 0 Å². The molecule has 1 N–H and O–H groups in total. The third-order valence-corrected chi connectivity index (χ3v) is 5.60. The molecule has 0 radical (unpaired) electrons. The molecule has 2 aliphatic heterocycles. The molecule has 0 unspecified atom stereocenters. The van der Waals surface area contributed by atoms with E-state index < -0.39 is 0 Å². The number of hydrogen-bond donors (Lipinski definition) is 1. The molecule has 2 fully saturated rings. The molecule has 122 valence electrons. The summed E-state index contributed by atoms with van der Waals surface area (Å²) in [7, 11) is 0. The highest BCUT2D eigenvalue weighted by molar-refractivity contribution is 7.12. The van der Waals surface area contributed by atoms with Crippen LogP contribution in [0.3, 0.4) is 0 Å². The van der Waals surface area contributed by atoms with Gasteiger partial charge in [0.2, 0.25) is 0 Å². The van der Waals surface area contributed by atoms with Crippen LogP contribution in [-0.4, -0.2) is 72.2 Å². The summed E-state index contributed by atoms with van der Waals surface area (Å²) in [6.07, 6.45) is 0.758. The van der Waals surface area contributed by atoms with E-state index in [0.717, 1.165) is 44.0 Å². The van der Waals surface area contributed by atoms with Crippen LogP contribution in [0.2, 0.25) is 0 Å². The van der Waals surface area contributed by atoms with Crippen LogP contribution in [0.15, 0.2) is 11.4 Å². The van der Waals surface area contributed by atoms with Crippen LogP contribution < -0.4 is 0 Å². The van der Waals surface area contributed by atoms with Gasteiger partial charge in [-0.15, -0.1) is 11.3 Å². The van der Waals surface area contributed by atoms with E-state index in [9.17, 15) is 9.90 Å². The van der Waals surface area contributed by atoms with Crippen molar-refractivity contribution in [2.24, 2.45) is 0 Å². The Kier molecular flexibility index (Phi) is 5.25. The molecule has 0 saturated carbocycles. The zero-order valence-corrected chi connectivity index (χ0v) is 13.8. The molecule has 0 aliphatic carbocycles.